The second kappa shape index (κ2) is 7.30. The molecule has 0 aliphatic carbocycles. The Morgan fingerprint density at radius 3 is 2.91 bits per heavy atom. The highest BCUT2D eigenvalue weighted by atomic mass is 16.5. The average molecular weight is 161 g/mol. The van der Waals surface area contributed by atoms with Gasteiger partial charge in [-0.25, -0.2) is 10.6 Å². The fourth-order valence-electron chi connectivity index (χ4n) is 0.572. The molecule has 0 atom stereocenters. The fourth-order valence-corrected chi connectivity index (χ4v) is 0.572. The molecule has 0 aliphatic heterocycles. The summed E-state index contributed by atoms with van der Waals surface area (Å²) < 4.78 is 5.05. The number of hydrogen-bond acceptors (Lipinski definition) is 3. The number of carbonyl (C=O) groups is 1. The van der Waals surface area contributed by atoms with Crippen LogP contribution in [-0.2, 0) is 4.74 Å². The minimum atomic E-state index is -0.360. The largest absolute Gasteiger partial charge is 0.382 e. The van der Waals surface area contributed by atoms with Crippen molar-refractivity contribution in [2.24, 2.45) is 5.84 Å². The van der Waals surface area contributed by atoms with Crippen LogP contribution in [0.3, 0.4) is 0 Å². The molecule has 0 aromatic carbocycles. The highest BCUT2D eigenvalue weighted by Gasteiger charge is 1.93. The average Bonchev–Trinajstić information content (AvgIpc) is 2.04. The number of hydrogen-bond donors (Lipinski definition) is 3. The van der Waals surface area contributed by atoms with Gasteiger partial charge in [0.1, 0.15) is 0 Å². The van der Waals surface area contributed by atoms with Crippen LogP contribution in [0.2, 0.25) is 0 Å². The molecule has 0 saturated carbocycles. The molecule has 4 N–H and O–H groups in total. The van der Waals surface area contributed by atoms with Gasteiger partial charge in [-0.3, -0.25) is 5.43 Å². The quantitative estimate of drug-likeness (QED) is 0.222. The molecule has 2 amide bonds. The lowest BCUT2D eigenvalue weighted by atomic mass is 10.4. The summed E-state index contributed by atoms with van der Waals surface area (Å²) in [6.07, 6.45) is 0.807. The van der Waals surface area contributed by atoms with Gasteiger partial charge >= 0.3 is 6.03 Å². The number of hydrazine groups is 1. The molecule has 5 heteroatoms. The lowest BCUT2D eigenvalue weighted by Gasteiger charge is -2.03. The summed E-state index contributed by atoms with van der Waals surface area (Å²) in [5.74, 6) is 4.82. The summed E-state index contributed by atoms with van der Waals surface area (Å²) >= 11 is 0. The first-order valence-corrected chi connectivity index (χ1v) is 3.63. The van der Waals surface area contributed by atoms with Gasteiger partial charge < -0.3 is 10.1 Å². The monoisotopic (exact) mass is 161 g/mol. The summed E-state index contributed by atoms with van der Waals surface area (Å²) in [7, 11) is 0. The third kappa shape index (κ3) is 7.08. The Kier molecular flexibility index (Phi) is 6.76. The Morgan fingerprint density at radius 1 is 1.64 bits per heavy atom. The van der Waals surface area contributed by atoms with Crippen LogP contribution in [0.25, 0.3) is 0 Å². The number of nitrogens with two attached hydrogens (primary N) is 1. The van der Waals surface area contributed by atoms with E-state index in [1.54, 1.807) is 0 Å². The Hall–Kier alpha value is -0.810. The molecule has 0 aliphatic rings. The molecular weight excluding hydrogens is 146 g/mol. The van der Waals surface area contributed by atoms with Gasteiger partial charge in [0.05, 0.1) is 0 Å². The predicted molar refractivity (Wildman–Crippen MR) is 41.8 cm³/mol. The van der Waals surface area contributed by atoms with Gasteiger partial charge in [-0.15, -0.1) is 0 Å². The zero-order chi connectivity index (χ0) is 8.53. The lowest BCUT2D eigenvalue weighted by molar-refractivity contribution is 0.145. The van der Waals surface area contributed by atoms with E-state index in [-0.39, 0.29) is 6.03 Å². The summed E-state index contributed by atoms with van der Waals surface area (Å²) in [6.45, 7) is 3.90. The van der Waals surface area contributed by atoms with Crippen LogP contribution in [-0.4, -0.2) is 25.8 Å². The number of ether oxygens (including phenoxy) is 1. The van der Waals surface area contributed by atoms with E-state index in [1.165, 1.54) is 0 Å². The standard InChI is InChI=1S/C6H15N3O2/c1-2-11-5-3-4-8-6(10)9-7/h2-5,7H2,1H3,(H2,8,9,10). The number of urea groups is 1. The van der Waals surface area contributed by atoms with E-state index in [2.05, 4.69) is 5.32 Å². The maximum atomic E-state index is 10.5. The van der Waals surface area contributed by atoms with E-state index in [9.17, 15) is 4.79 Å². The molecule has 0 spiro atoms. The maximum Gasteiger partial charge on any atom is 0.328 e. The van der Waals surface area contributed by atoms with E-state index >= 15 is 0 Å². The van der Waals surface area contributed by atoms with Crippen molar-refractivity contribution in [3.05, 3.63) is 0 Å². The van der Waals surface area contributed by atoms with Gasteiger partial charge in [-0.05, 0) is 13.3 Å². The molecule has 66 valence electrons. The summed E-state index contributed by atoms with van der Waals surface area (Å²) in [5.41, 5.74) is 1.97. The first-order valence-electron chi connectivity index (χ1n) is 3.63. The van der Waals surface area contributed by atoms with E-state index in [1.807, 2.05) is 12.3 Å². The highest BCUT2D eigenvalue weighted by molar-refractivity contribution is 5.72. The predicted octanol–water partition coefficient (Wildman–Crippen LogP) is -0.414. The lowest BCUT2D eigenvalue weighted by Crippen LogP contribution is -2.40. The van der Waals surface area contributed by atoms with Gasteiger partial charge in [0.25, 0.3) is 0 Å². The van der Waals surface area contributed by atoms with E-state index in [0.717, 1.165) is 6.42 Å². The molecule has 0 heterocycles. The third-order valence-electron chi connectivity index (χ3n) is 1.09. The molecule has 0 rings (SSSR count). The van der Waals surface area contributed by atoms with Gasteiger partial charge in [-0.2, -0.15) is 0 Å². The van der Waals surface area contributed by atoms with Crippen LogP contribution in [0.4, 0.5) is 4.79 Å². The maximum absolute atomic E-state index is 10.5. The first kappa shape index (κ1) is 10.2. The molecule has 0 fully saturated rings. The minimum Gasteiger partial charge on any atom is -0.382 e. The Balaban J connectivity index is 2.95. The molecule has 0 saturated heterocycles. The molecular formula is C6H15N3O2. The van der Waals surface area contributed by atoms with Crippen molar-refractivity contribution in [2.45, 2.75) is 13.3 Å². The first-order chi connectivity index (χ1) is 5.31. The Bertz CT molecular complexity index is 108. The molecule has 0 radical (unpaired) electrons. The fraction of sp³-hybridized carbons (Fsp3) is 0.833. The second-order valence-corrected chi connectivity index (χ2v) is 1.95. The van der Waals surface area contributed by atoms with Gasteiger partial charge in [0, 0.05) is 19.8 Å². The minimum absolute atomic E-state index is 0.360. The number of rotatable bonds is 5. The molecule has 0 unspecified atom stereocenters. The Labute approximate surface area is 66.2 Å². The second-order valence-electron chi connectivity index (χ2n) is 1.95. The van der Waals surface area contributed by atoms with Crippen LogP contribution in [0, 0.1) is 0 Å². The SMILES string of the molecule is CCOCCCNC(=O)NN. The van der Waals surface area contributed by atoms with Crippen LogP contribution in [0.5, 0.6) is 0 Å². The van der Waals surface area contributed by atoms with Crippen molar-refractivity contribution in [1.82, 2.24) is 10.7 Å². The number of carbonyl (C=O) groups excluding carboxylic acids is 1. The number of nitrogens with one attached hydrogen (secondary N) is 2. The molecule has 11 heavy (non-hydrogen) atoms. The summed E-state index contributed by atoms with van der Waals surface area (Å²) in [4.78, 5) is 10.5. The van der Waals surface area contributed by atoms with Gasteiger partial charge in [-0.1, -0.05) is 0 Å². The molecule has 0 aromatic rings. The van der Waals surface area contributed by atoms with Crippen molar-refractivity contribution >= 4 is 6.03 Å². The van der Waals surface area contributed by atoms with Crippen LogP contribution >= 0.6 is 0 Å². The van der Waals surface area contributed by atoms with Crippen molar-refractivity contribution in [3.63, 3.8) is 0 Å². The van der Waals surface area contributed by atoms with Crippen LogP contribution < -0.4 is 16.6 Å². The van der Waals surface area contributed by atoms with Crippen molar-refractivity contribution < 1.29 is 9.53 Å². The zero-order valence-corrected chi connectivity index (χ0v) is 6.72. The van der Waals surface area contributed by atoms with Crippen LogP contribution in [0.15, 0.2) is 0 Å². The smallest absolute Gasteiger partial charge is 0.328 e. The van der Waals surface area contributed by atoms with Gasteiger partial charge in [0.2, 0.25) is 0 Å². The molecule has 0 aromatic heterocycles. The zero-order valence-electron chi connectivity index (χ0n) is 6.72. The van der Waals surface area contributed by atoms with E-state index in [0.29, 0.717) is 19.8 Å². The van der Waals surface area contributed by atoms with E-state index in [4.69, 9.17) is 10.6 Å². The summed E-state index contributed by atoms with van der Waals surface area (Å²) in [5, 5.41) is 2.54. The molecule has 5 nitrogen and oxygen atoms in total. The normalized spacial score (nSPS) is 9.27. The highest BCUT2D eigenvalue weighted by Crippen LogP contribution is 1.79. The van der Waals surface area contributed by atoms with Crippen molar-refractivity contribution in [3.8, 4) is 0 Å². The summed E-state index contributed by atoms with van der Waals surface area (Å²) in [6, 6.07) is -0.360. The van der Waals surface area contributed by atoms with Crippen molar-refractivity contribution in [2.75, 3.05) is 19.8 Å². The van der Waals surface area contributed by atoms with Gasteiger partial charge in [0.15, 0.2) is 0 Å². The molecule has 0 bridgehead atoms. The Morgan fingerprint density at radius 2 is 2.36 bits per heavy atom. The van der Waals surface area contributed by atoms with Crippen molar-refractivity contribution in [1.29, 1.82) is 0 Å². The topological polar surface area (TPSA) is 76.4 Å². The van der Waals surface area contributed by atoms with Crippen LogP contribution in [0.1, 0.15) is 13.3 Å². The third-order valence-corrected chi connectivity index (χ3v) is 1.09. The van der Waals surface area contributed by atoms with E-state index < -0.39 is 0 Å². The number of amides is 2.